The predicted molar refractivity (Wildman–Crippen MR) is 65.6 cm³/mol. The van der Waals surface area contributed by atoms with E-state index in [0.717, 1.165) is 29.7 Å². The van der Waals surface area contributed by atoms with Gasteiger partial charge in [-0.05, 0) is 21.0 Å². The first kappa shape index (κ1) is 11.6. The Morgan fingerprint density at radius 3 is 2.88 bits per heavy atom. The maximum atomic E-state index is 9.22. The second-order valence-corrected chi connectivity index (χ2v) is 4.32. The Hall–Kier alpha value is -1.93. The predicted octanol–water partition coefficient (Wildman–Crippen LogP) is 1.24. The molecule has 2 aromatic heterocycles. The molecular weight excluding hydrogens is 214 g/mol. The quantitative estimate of drug-likeness (QED) is 0.859. The van der Waals surface area contributed by atoms with Crippen molar-refractivity contribution in [1.29, 1.82) is 5.26 Å². The van der Waals surface area contributed by atoms with Gasteiger partial charge in [0, 0.05) is 18.7 Å². The SMILES string of the molecule is Cc1ncc2[nH]c(CCN(C)C)c(C#N)c2n1. The molecule has 2 rings (SSSR count). The fraction of sp³-hybridized carbons (Fsp3) is 0.417. The average molecular weight is 229 g/mol. The molecule has 0 fully saturated rings. The van der Waals surface area contributed by atoms with Crippen molar-refractivity contribution in [2.24, 2.45) is 0 Å². The van der Waals surface area contributed by atoms with E-state index < -0.39 is 0 Å². The monoisotopic (exact) mass is 229 g/mol. The number of aromatic nitrogens is 3. The molecular formula is C12H15N5. The van der Waals surface area contributed by atoms with Crippen molar-refractivity contribution in [2.45, 2.75) is 13.3 Å². The molecule has 88 valence electrons. The largest absolute Gasteiger partial charge is 0.355 e. The van der Waals surface area contributed by atoms with Gasteiger partial charge in [-0.1, -0.05) is 0 Å². The lowest BCUT2D eigenvalue weighted by Gasteiger charge is -2.07. The molecule has 5 heteroatoms. The molecule has 0 aromatic carbocycles. The van der Waals surface area contributed by atoms with E-state index in [-0.39, 0.29) is 0 Å². The van der Waals surface area contributed by atoms with Gasteiger partial charge >= 0.3 is 0 Å². The van der Waals surface area contributed by atoms with Crippen molar-refractivity contribution in [3.05, 3.63) is 23.3 Å². The highest BCUT2D eigenvalue weighted by Gasteiger charge is 2.12. The van der Waals surface area contributed by atoms with Gasteiger partial charge in [0.1, 0.15) is 17.4 Å². The molecule has 1 N–H and O–H groups in total. The van der Waals surface area contributed by atoms with E-state index in [1.54, 1.807) is 6.20 Å². The molecule has 0 saturated heterocycles. The third kappa shape index (κ3) is 2.27. The van der Waals surface area contributed by atoms with E-state index in [1.165, 1.54) is 0 Å². The van der Waals surface area contributed by atoms with Gasteiger partial charge in [-0.3, -0.25) is 0 Å². The lowest BCUT2D eigenvalue weighted by Crippen LogP contribution is -2.15. The molecule has 0 atom stereocenters. The summed E-state index contributed by atoms with van der Waals surface area (Å²) in [7, 11) is 4.03. The smallest absolute Gasteiger partial charge is 0.126 e. The molecule has 0 bridgehead atoms. The van der Waals surface area contributed by atoms with Crippen LogP contribution in [0.25, 0.3) is 11.0 Å². The van der Waals surface area contributed by atoms with Crippen LogP contribution in [0, 0.1) is 18.3 Å². The molecule has 0 aliphatic heterocycles. The number of hydrogen-bond acceptors (Lipinski definition) is 4. The highest BCUT2D eigenvalue weighted by Crippen LogP contribution is 2.19. The van der Waals surface area contributed by atoms with Gasteiger partial charge in [0.25, 0.3) is 0 Å². The van der Waals surface area contributed by atoms with E-state index in [4.69, 9.17) is 0 Å². The number of H-pyrrole nitrogens is 1. The molecule has 0 radical (unpaired) electrons. The summed E-state index contributed by atoms with van der Waals surface area (Å²) in [5.41, 5.74) is 3.15. The number of nitrogens with one attached hydrogen (secondary N) is 1. The highest BCUT2D eigenvalue weighted by atomic mass is 15.0. The van der Waals surface area contributed by atoms with Crippen LogP contribution in [0.2, 0.25) is 0 Å². The van der Waals surface area contributed by atoms with Crippen molar-refractivity contribution < 1.29 is 0 Å². The van der Waals surface area contributed by atoms with Gasteiger partial charge in [0.2, 0.25) is 0 Å². The third-order valence-corrected chi connectivity index (χ3v) is 2.65. The number of hydrogen-bond donors (Lipinski definition) is 1. The van der Waals surface area contributed by atoms with Gasteiger partial charge in [0.15, 0.2) is 0 Å². The lowest BCUT2D eigenvalue weighted by molar-refractivity contribution is 0.412. The average Bonchev–Trinajstić information content (AvgIpc) is 2.63. The molecule has 2 heterocycles. The van der Waals surface area contributed by atoms with Crippen molar-refractivity contribution in [1.82, 2.24) is 19.9 Å². The van der Waals surface area contributed by atoms with Crippen LogP contribution in [-0.4, -0.2) is 40.5 Å². The number of aromatic amines is 1. The number of likely N-dealkylation sites (N-methyl/N-ethyl adjacent to an activating group) is 1. The Bertz CT molecular complexity index is 576. The van der Waals surface area contributed by atoms with E-state index >= 15 is 0 Å². The van der Waals surface area contributed by atoms with Crippen molar-refractivity contribution >= 4 is 11.0 Å². The second kappa shape index (κ2) is 4.52. The first-order valence-corrected chi connectivity index (χ1v) is 5.51. The third-order valence-electron chi connectivity index (χ3n) is 2.65. The van der Waals surface area contributed by atoms with Crippen molar-refractivity contribution in [3.8, 4) is 6.07 Å². The minimum absolute atomic E-state index is 0.646. The minimum Gasteiger partial charge on any atom is -0.355 e. The van der Waals surface area contributed by atoms with Gasteiger partial charge in [-0.15, -0.1) is 0 Å². The Labute approximate surface area is 100 Å². The van der Waals surface area contributed by atoms with Gasteiger partial charge in [-0.25, -0.2) is 9.97 Å². The maximum absolute atomic E-state index is 9.22. The number of aryl methyl sites for hydroxylation is 1. The van der Waals surface area contributed by atoms with Gasteiger partial charge in [0.05, 0.1) is 17.3 Å². The number of nitrogens with zero attached hydrogens (tertiary/aromatic N) is 4. The zero-order valence-electron chi connectivity index (χ0n) is 10.3. The molecule has 5 nitrogen and oxygen atoms in total. The van der Waals surface area contributed by atoms with E-state index in [2.05, 4.69) is 25.9 Å². The summed E-state index contributed by atoms with van der Waals surface area (Å²) in [4.78, 5) is 13.8. The second-order valence-electron chi connectivity index (χ2n) is 4.32. The minimum atomic E-state index is 0.646. The van der Waals surface area contributed by atoms with E-state index in [0.29, 0.717) is 11.4 Å². The molecule has 0 aliphatic rings. The summed E-state index contributed by atoms with van der Waals surface area (Å²) in [5, 5.41) is 9.22. The van der Waals surface area contributed by atoms with Crippen molar-refractivity contribution in [3.63, 3.8) is 0 Å². The van der Waals surface area contributed by atoms with Crippen LogP contribution in [-0.2, 0) is 6.42 Å². The van der Waals surface area contributed by atoms with Crippen LogP contribution in [0.4, 0.5) is 0 Å². The highest BCUT2D eigenvalue weighted by molar-refractivity contribution is 5.82. The molecule has 0 unspecified atom stereocenters. The molecule has 0 amide bonds. The van der Waals surface area contributed by atoms with Crippen LogP contribution < -0.4 is 0 Å². The lowest BCUT2D eigenvalue weighted by atomic mass is 10.2. The summed E-state index contributed by atoms with van der Waals surface area (Å²) in [6, 6.07) is 2.23. The summed E-state index contributed by atoms with van der Waals surface area (Å²) in [6.45, 7) is 2.72. The molecule has 17 heavy (non-hydrogen) atoms. The summed E-state index contributed by atoms with van der Waals surface area (Å²) in [5.74, 6) is 0.687. The Morgan fingerprint density at radius 1 is 1.47 bits per heavy atom. The number of nitriles is 1. The Morgan fingerprint density at radius 2 is 2.24 bits per heavy atom. The van der Waals surface area contributed by atoms with Crippen LogP contribution in [0.1, 0.15) is 17.1 Å². The van der Waals surface area contributed by atoms with Gasteiger partial charge in [-0.2, -0.15) is 5.26 Å². The zero-order chi connectivity index (χ0) is 12.4. The van der Waals surface area contributed by atoms with Crippen LogP contribution >= 0.6 is 0 Å². The topological polar surface area (TPSA) is 68.6 Å². The molecule has 0 spiro atoms. The normalized spacial score (nSPS) is 11.0. The fourth-order valence-corrected chi connectivity index (χ4v) is 1.76. The first-order valence-electron chi connectivity index (χ1n) is 5.51. The zero-order valence-corrected chi connectivity index (χ0v) is 10.3. The maximum Gasteiger partial charge on any atom is 0.126 e. The fourth-order valence-electron chi connectivity index (χ4n) is 1.76. The van der Waals surface area contributed by atoms with Gasteiger partial charge < -0.3 is 9.88 Å². The summed E-state index contributed by atoms with van der Waals surface area (Å²) >= 11 is 0. The molecule has 0 aliphatic carbocycles. The standard InChI is InChI=1S/C12H15N5/c1-8-14-7-11-12(15-8)9(6-13)10(16-11)4-5-17(2)3/h7,16H,4-5H2,1-3H3. The van der Waals surface area contributed by atoms with E-state index in [9.17, 15) is 5.26 Å². The number of fused-ring (bicyclic) bond motifs is 1. The Balaban J connectivity index is 2.46. The van der Waals surface area contributed by atoms with E-state index in [1.807, 2.05) is 21.0 Å². The van der Waals surface area contributed by atoms with Crippen molar-refractivity contribution in [2.75, 3.05) is 20.6 Å². The van der Waals surface area contributed by atoms with Crippen LogP contribution in [0.3, 0.4) is 0 Å². The van der Waals surface area contributed by atoms with Crippen LogP contribution in [0.15, 0.2) is 6.20 Å². The molecule has 0 saturated carbocycles. The first-order chi connectivity index (χ1) is 8.11. The summed E-state index contributed by atoms with van der Waals surface area (Å²) in [6.07, 6.45) is 2.54. The number of rotatable bonds is 3. The Kier molecular flexibility index (Phi) is 3.07. The summed E-state index contributed by atoms with van der Waals surface area (Å²) < 4.78 is 0. The van der Waals surface area contributed by atoms with Crippen LogP contribution in [0.5, 0.6) is 0 Å². The molecule has 2 aromatic rings.